The van der Waals surface area contributed by atoms with E-state index in [4.69, 9.17) is 5.11 Å². The highest BCUT2D eigenvalue weighted by Crippen LogP contribution is 2.22. The van der Waals surface area contributed by atoms with E-state index in [9.17, 15) is 0 Å². The molecule has 0 bridgehead atoms. The van der Waals surface area contributed by atoms with Crippen LogP contribution in [0.3, 0.4) is 0 Å². The normalized spacial score (nSPS) is 21.7. The molecule has 2 nitrogen and oxygen atoms in total. The summed E-state index contributed by atoms with van der Waals surface area (Å²) >= 11 is 2.02. The predicted octanol–water partition coefficient (Wildman–Crippen LogP) is 1.49. The van der Waals surface area contributed by atoms with Gasteiger partial charge in [-0.3, -0.25) is 0 Å². The third-order valence-electron chi connectivity index (χ3n) is 2.61. The Morgan fingerprint density at radius 3 is 2.77 bits per heavy atom. The van der Waals surface area contributed by atoms with Crippen LogP contribution in [0.5, 0.6) is 0 Å². The lowest BCUT2D eigenvalue weighted by molar-refractivity contribution is 0.288. The molecule has 0 aromatic rings. The molecule has 1 saturated heterocycles. The molecule has 0 aromatic heterocycles. The minimum absolute atomic E-state index is 0.334. The van der Waals surface area contributed by atoms with Gasteiger partial charge >= 0.3 is 0 Å². The highest BCUT2D eigenvalue weighted by atomic mass is 32.2. The van der Waals surface area contributed by atoms with Crippen molar-refractivity contribution < 1.29 is 5.11 Å². The highest BCUT2D eigenvalue weighted by Gasteiger charge is 2.14. The Labute approximate surface area is 85.5 Å². The Morgan fingerprint density at radius 1 is 1.46 bits per heavy atom. The maximum absolute atomic E-state index is 8.75. The lowest BCUT2D eigenvalue weighted by atomic mass is 10.0. The van der Waals surface area contributed by atoms with Gasteiger partial charge in [0.25, 0.3) is 0 Å². The van der Waals surface area contributed by atoms with E-state index < -0.39 is 0 Å². The molecule has 1 fully saturated rings. The smallest absolute Gasteiger partial charge is 0.0441 e. The van der Waals surface area contributed by atoms with E-state index in [0.29, 0.717) is 11.9 Å². The molecule has 1 aliphatic heterocycles. The first-order valence-corrected chi connectivity index (χ1v) is 6.31. The summed E-state index contributed by atoms with van der Waals surface area (Å²) in [7, 11) is 0. The first kappa shape index (κ1) is 11.3. The number of hydrogen-bond acceptors (Lipinski definition) is 3. The van der Waals surface area contributed by atoms with Crippen LogP contribution in [0.15, 0.2) is 0 Å². The van der Waals surface area contributed by atoms with E-state index in [1.54, 1.807) is 0 Å². The van der Waals surface area contributed by atoms with Gasteiger partial charge in [0.1, 0.15) is 0 Å². The number of nitrogens with one attached hydrogen (secondary N) is 1. The van der Waals surface area contributed by atoms with Crippen LogP contribution < -0.4 is 5.32 Å². The fourth-order valence-corrected chi connectivity index (χ4v) is 2.82. The summed E-state index contributed by atoms with van der Waals surface area (Å²) in [5, 5.41) is 12.8. The SMILES string of the molecule is CC(CCO)SCC1CCNCC1. The summed E-state index contributed by atoms with van der Waals surface area (Å²) in [5.74, 6) is 2.19. The van der Waals surface area contributed by atoms with Crippen molar-refractivity contribution in [2.24, 2.45) is 5.92 Å². The van der Waals surface area contributed by atoms with Crippen LogP contribution in [0.2, 0.25) is 0 Å². The molecule has 1 aliphatic rings. The van der Waals surface area contributed by atoms with Gasteiger partial charge in [0.2, 0.25) is 0 Å². The Hall–Kier alpha value is 0.270. The second kappa shape index (κ2) is 6.68. The molecule has 1 unspecified atom stereocenters. The van der Waals surface area contributed by atoms with Crippen LogP contribution in [0, 0.1) is 5.92 Å². The third kappa shape index (κ3) is 4.89. The van der Waals surface area contributed by atoms with Crippen molar-refractivity contribution in [1.82, 2.24) is 5.32 Å². The van der Waals surface area contributed by atoms with E-state index in [0.717, 1.165) is 12.3 Å². The van der Waals surface area contributed by atoms with Gasteiger partial charge < -0.3 is 10.4 Å². The lowest BCUT2D eigenvalue weighted by Gasteiger charge is -2.23. The Bertz CT molecular complexity index is 126. The summed E-state index contributed by atoms with van der Waals surface area (Å²) in [5.41, 5.74) is 0. The molecule has 1 rings (SSSR count). The Kier molecular flexibility index (Phi) is 5.83. The van der Waals surface area contributed by atoms with Gasteiger partial charge in [-0.05, 0) is 44.0 Å². The second-order valence-corrected chi connectivity index (χ2v) is 5.32. The molecule has 0 aromatic carbocycles. The molecule has 1 atom stereocenters. The molecular weight excluding hydrogens is 182 g/mol. The van der Waals surface area contributed by atoms with Gasteiger partial charge in [-0.15, -0.1) is 0 Å². The average molecular weight is 203 g/mol. The lowest BCUT2D eigenvalue weighted by Crippen LogP contribution is -2.29. The van der Waals surface area contributed by atoms with Crippen molar-refractivity contribution in [3.05, 3.63) is 0 Å². The van der Waals surface area contributed by atoms with Crippen molar-refractivity contribution in [2.75, 3.05) is 25.4 Å². The quantitative estimate of drug-likeness (QED) is 0.710. The Balaban J connectivity index is 2.03. The summed E-state index contributed by atoms with van der Waals surface area (Å²) < 4.78 is 0. The average Bonchev–Trinajstić information content (AvgIpc) is 2.17. The second-order valence-electron chi connectivity index (χ2n) is 3.85. The predicted molar refractivity (Wildman–Crippen MR) is 59.2 cm³/mol. The van der Waals surface area contributed by atoms with E-state index in [1.165, 1.54) is 31.7 Å². The summed E-state index contributed by atoms with van der Waals surface area (Å²) in [4.78, 5) is 0. The maximum Gasteiger partial charge on any atom is 0.0441 e. The molecule has 3 heteroatoms. The van der Waals surface area contributed by atoms with Crippen LogP contribution in [0.25, 0.3) is 0 Å². The van der Waals surface area contributed by atoms with Crippen LogP contribution in [-0.4, -0.2) is 35.8 Å². The van der Waals surface area contributed by atoms with Crippen molar-refractivity contribution >= 4 is 11.8 Å². The topological polar surface area (TPSA) is 32.3 Å². The van der Waals surface area contributed by atoms with Crippen molar-refractivity contribution in [2.45, 2.75) is 31.4 Å². The van der Waals surface area contributed by atoms with Gasteiger partial charge in [-0.25, -0.2) is 0 Å². The van der Waals surface area contributed by atoms with Gasteiger partial charge in [0, 0.05) is 11.9 Å². The number of aliphatic hydroxyl groups is 1. The third-order valence-corrected chi connectivity index (χ3v) is 4.08. The molecule has 1 heterocycles. The van der Waals surface area contributed by atoms with E-state index in [2.05, 4.69) is 12.2 Å². The molecule has 0 amide bonds. The van der Waals surface area contributed by atoms with E-state index >= 15 is 0 Å². The van der Waals surface area contributed by atoms with Crippen LogP contribution in [0.1, 0.15) is 26.2 Å². The molecule has 2 N–H and O–H groups in total. The molecule has 78 valence electrons. The minimum atomic E-state index is 0.334. The van der Waals surface area contributed by atoms with Crippen molar-refractivity contribution in [3.8, 4) is 0 Å². The van der Waals surface area contributed by atoms with Crippen LogP contribution >= 0.6 is 11.8 Å². The molecule has 0 saturated carbocycles. The number of hydrogen-bond donors (Lipinski definition) is 2. The number of piperidine rings is 1. The number of thioether (sulfide) groups is 1. The summed E-state index contributed by atoms with van der Waals surface area (Å²) in [6, 6.07) is 0. The first-order chi connectivity index (χ1) is 6.33. The minimum Gasteiger partial charge on any atom is -0.396 e. The molecule has 0 spiro atoms. The highest BCUT2D eigenvalue weighted by molar-refractivity contribution is 7.99. The Morgan fingerprint density at radius 2 is 2.15 bits per heavy atom. The number of rotatable bonds is 5. The molecule has 0 radical (unpaired) electrons. The molecule has 0 aliphatic carbocycles. The molecular formula is C10H21NOS. The van der Waals surface area contributed by atoms with Gasteiger partial charge in [-0.2, -0.15) is 11.8 Å². The zero-order valence-corrected chi connectivity index (χ0v) is 9.28. The van der Waals surface area contributed by atoms with Gasteiger partial charge in [0.15, 0.2) is 0 Å². The van der Waals surface area contributed by atoms with E-state index in [1.807, 2.05) is 11.8 Å². The van der Waals surface area contributed by atoms with E-state index in [-0.39, 0.29) is 0 Å². The van der Waals surface area contributed by atoms with Gasteiger partial charge in [0.05, 0.1) is 0 Å². The zero-order chi connectivity index (χ0) is 9.52. The monoisotopic (exact) mass is 203 g/mol. The summed E-state index contributed by atoms with van der Waals surface area (Å²) in [6.07, 6.45) is 3.60. The van der Waals surface area contributed by atoms with Gasteiger partial charge in [-0.1, -0.05) is 6.92 Å². The summed E-state index contributed by atoms with van der Waals surface area (Å²) in [6.45, 7) is 4.93. The zero-order valence-electron chi connectivity index (χ0n) is 8.46. The van der Waals surface area contributed by atoms with Crippen molar-refractivity contribution in [3.63, 3.8) is 0 Å². The standard InChI is InChI=1S/C10H21NOS/c1-9(4-7-12)13-8-10-2-5-11-6-3-10/h9-12H,2-8H2,1H3. The fourth-order valence-electron chi connectivity index (χ4n) is 1.61. The van der Waals surface area contributed by atoms with Crippen LogP contribution in [0.4, 0.5) is 0 Å². The first-order valence-electron chi connectivity index (χ1n) is 5.26. The van der Waals surface area contributed by atoms with Crippen LogP contribution in [-0.2, 0) is 0 Å². The fraction of sp³-hybridized carbons (Fsp3) is 1.00. The number of aliphatic hydroxyl groups excluding tert-OH is 1. The maximum atomic E-state index is 8.75. The molecule has 13 heavy (non-hydrogen) atoms. The van der Waals surface area contributed by atoms with Crippen molar-refractivity contribution in [1.29, 1.82) is 0 Å². The largest absolute Gasteiger partial charge is 0.396 e.